The van der Waals surface area contributed by atoms with Crippen molar-refractivity contribution in [3.8, 4) is 11.5 Å². The molecular weight excluding hydrogens is 322 g/mol. The van der Waals surface area contributed by atoms with Crippen molar-refractivity contribution in [1.82, 2.24) is 15.5 Å². The molecule has 130 valence electrons. The number of amides is 1. The van der Waals surface area contributed by atoms with Gasteiger partial charge in [0.2, 0.25) is 0 Å². The number of nitrogens with zero attached hydrogens (tertiary/aromatic N) is 2. The summed E-state index contributed by atoms with van der Waals surface area (Å²) in [5, 5.41) is 17.2. The third-order valence-electron chi connectivity index (χ3n) is 4.84. The Balaban J connectivity index is 1.79. The average molecular weight is 341 g/mol. The molecule has 1 aliphatic rings. The van der Waals surface area contributed by atoms with E-state index in [0.29, 0.717) is 34.0 Å². The molecule has 3 aromatic heterocycles. The molecule has 0 spiro atoms. The summed E-state index contributed by atoms with van der Waals surface area (Å²) >= 11 is 0. The van der Waals surface area contributed by atoms with Gasteiger partial charge in [-0.3, -0.25) is 4.79 Å². The molecule has 25 heavy (non-hydrogen) atoms. The number of carbonyl (C=O) groups is 1. The molecule has 3 heterocycles. The number of aliphatic hydroxyl groups is 1. The van der Waals surface area contributed by atoms with Crippen molar-refractivity contribution in [2.75, 3.05) is 6.61 Å². The number of aromatic nitrogens is 2. The van der Waals surface area contributed by atoms with Gasteiger partial charge in [-0.25, -0.2) is 4.98 Å². The van der Waals surface area contributed by atoms with Crippen LogP contribution in [-0.4, -0.2) is 33.3 Å². The molecule has 1 unspecified atom stereocenters. The van der Waals surface area contributed by atoms with Gasteiger partial charge in [0.05, 0.1) is 35.1 Å². The minimum absolute atomic E-state index is 0.106. The molecule has 3 aromatic rings. The summed E-state index contributed by atoms with van der Waals surface area (Å²) in [7, 11) is 0. The van der Waals surface area contributed by atoms with Crippen LogP contribution in [0.4, 0.5) is 0 Å². The second kappa shape index (κ2) is 5.70. The number of nitrogens with one attached hydrogen (secondary N) is 1. The SMILES string of the molecule is Cc1noc2nc(-c3ccco3)cc(C(=O)NC(C)(CO)C3CC3)c12. The van der Waals surface area contributed by atoms with E-state index in [0.717, 1.165) is 12.8 Å². The Morgan fingerprint density at radius 2 is 2.28 bits per heavy atom. The monoisotopic (exact) mass is 341 g/mol. The average Bonchev–Trinajstić information content (AvgIpc) is 3.21. The minimum atomic E-state index is -0.636. The van der Waals surface area contributed by atoms with Crippen LogP contribution in [0.1, 0.15) is 35.8 Å². The van der Waals surface area contributed by atoms with E-state index in [4.69, 9.17) is 8.94 Å². The van der Waals surface area contributed by atoms with Crippen LogP contribution < -0.4 is 5.32 Å². The molecule has 0 saturated heterocycles. The molecule has 0 aromatic carbocycles. The first-order valence-corrected chi connectivity index (χ1v) is 8.26. The molecule has 2 N–H and O–H groups in total. The maximum Gasteiger partial charge on any atom is 0.259 e. The Bertz CT molecular complexity index is 927. The van der Waals surface area contributed by atoms with E-state index in [9.17, 15) is 9.90 Å². The molecule has 1 fully saturated rings. The molecule has 0 bridgehead atoms. The minimum Gasteiger partial charge on any atom is -0.463 e. The summed E-state index contributed by atoms with van der Waals surface area (Å²) in [4.78, 5) is 17.4. The fraction of sp³-hybridized carbons (Fsp3) is 0.389. The number of hydrogen-bond acceptors (Lipinski definition) is 6. The Morgan fingerprint density at radius 1 is 1.48 bits per heavy atom. The van der Waals surface area contributed by atoms with Gasteiger partial charge >= 0.3 is 0 Å². The molecule has 0 aliphatic heterocycles. The summed E-state index contributed by atoms with van der Waals surface area (Å²) in [6.45, 7) is 3.53. The van der Waals surface area contributed by atoms with Gasteiger partial charge in [-0.05, 0) is 50.8 Å². The van der Waals surface area contributed by atoms with Gasteiger partial charge in [-0.15, -0.1) is 0 Å². The van der Waals surface area contributed by atoms with Crippen LogP contribution >= 0.6 is 0 Å². The van der Waals surface area contributed by atoms with Crippen molar-refractivity contribution >= 4 is 17.0 Å². The van der Waals surface area contributed by atoms with E-state index >= 15 is 0 Å². The number of hydrogen-bond donors (Lipinski definition) is 2. The van der Waals surface area contributed by atoms with E-state index in [1.165, 1.54) is 0 Å². The Hall–Kier alpha value is -2.67. The molecule has 1 aliphatic carbocycles. The molecule has 7 heteroatoms. The van der Waals surface area contributed by atoms with Gasteiger partial charge in [0.1, 0.15) is 5.69 Å². The lowest BCUT2D eigenvalue weighted by Crippen LogP contribution is -2.50. The molecule has 1 saturated carbocycles. The van der Waals surface area contributed by atoms with E-state index in [-0.39, 0.29) is 18.2 Å². The van der Waals surface area contributed by atoms with Crippen LogP contribution in [0.15, 0.2) is 33.4 Å². The number of carbonyl (C=O) groups excluding carboxylic acids is 1. The van der Waals surface area contributed by atoms with Gasteiger partial charge < -0.3 is 19.4 Å². The highest BCUT2D eigenvalue weighted by Crippen LogP contribution is 2.39. The zero-order chi connectivity index (χ0) is 17.6. The Morgan fingerprint density at radius 3 is 2.92 bits per heavy atom. The first-order chi connectivity index (χ1) is 12.0. The van der Waals surface area contributed by atoms with Gasteiger partial charge in [-0.2, -0.15) is 0 Å². The highest BCUT2D eigenvalue weighted by Gasteiger charge is 2.42. The molecule has 7 nitrogen and oxygen atoms in total. The second-order valence-corrected chi connectivity index (χ2v) is 6.78. The van der Waals surface area contributed by atoms with Gasteiger partial charge in [0.15, 0.2) is 5.76 Å². The topological polar surface area (TPSA) is 101 Å². The van der Waals surface area contributed by atoms with E-state index in [1.54, 1.807) is 31.4 Å². The molecule has 0 radical (unpaired) electrons. The van der Waals surface area contributed by atoms with Crippen molar-refractivity contribution < 1.29 is 18.8 Å². The van der Waals surface area contributed by atoms with Crippen LogP contribution in [0, 0.1) is 12.8 Å². The lowest BCUT2D eigenvalue weighted by Gasteiger charge is -2.28. The van der Waals surface area contributed by atoms with Crippen LogP contribution in [0.25, 0.3) is 22.6 Å². The molecule has 4 rings (SSSR count). The standard InChI is InChI=1S/C18H19N3O4/c1-10-15-12(16(23)20-18(2,9-22)11-5-6-11)8-13(14-4-3-7-24-14)19-17(15)25-21-10/h3-4,7-8,11,22H,5-6,9H2,1-2H3,(H,20,23). The quantitative estimate of drug-likeness (QED) is 0.740. The number of aliphatic hydroxyl groups excluding tert-OH is 1. The predicted octanol–water partition coefficient (Wildman–Crippen LogP) is 2.68. The number of furan rings is 1. The van der Waals surface area contributed by atoms with Crippen LogP contribution in [0.3, 0.4) is 0 Å². The van der Waals surface area contributed by atoms with Crippen molar-refractivity contribution in [3.05, 3.63) is 35.7 Å². The maximum atomic E-state index is 13.0. The maximum absolute atomic E-state index is 13.0. The Labute approximate surface area is 144 Å². The lowest BCUT2D eigenvalue weighted by atomic mass is 9.96. The zero-order valence-electron chi connectivity index (χ0n) is 14.1. The largest absolute Gasteiger partial charge is 0.463 e. The fourth-order valence-corrected chi connectivity index (χ4v) is 3.14. The summed E-state index contributed by atoms with van der Waals surface area (Å²) in [6.07, 6.45) is 3.56. The van der Waals surface area contributed by atoms with Gasteiger partial charge in [0.25, 0.3) is 11.6 Å². The van der Waals surface area contributed by atoms with Crippen molar-refractivity contribution in [2.45, 2.75) is 32.2 Å². The summed E-state index contributed by atoms with van der Waals surface area (Å²) in [5.41, 5.74) is 1.15. The second-order valence-electron chi connectivity index (χ2n) is 6.78. The van der Waals surface area contributed by atoms with E-state index < -0.39 is 5.54 Å². The van der Waals surface area contributed by atoms with Crippen LogP contribution in [0.5, 0.6) is 0 Å². The van der Waals surface area contributed by atoms with Crippen molar-refractivity contribution in [3.63, 3.8) is 0 Å². The molecule has 1 atom stereocenters. The summed E-state index contributed by atoms with van der Waals surface area (Å²) in [5.74, 6) is 0.555. The lowest BCUT2D eigenvalue weighted by molar-refractivity contribution is 0.0826. The van der Waals surface area contributed by atoms with E-state index in [2.05, 4.69) is 15.5 Å². The number of pyridine rings is 1. The van der Waals surface area contributed by atoms with E-state index in [1.807, 2.05) is 6.92 Å². The third kappa shape index (κ3) is 2.70. The summed E-state index contributed by atoms with van der Waals surface area (Å²) < 4.78 is 10.6. The molecular formula is C18H19N3O4. The Kier molecular flexibility index (Phi) is 3.61. The number of aryl methyl sites for hydroxylation is 1. The normalized spacial score (nSPS) is 16.8. The zero-order valence-corrected chi connectivity index (χ0v) is 14.1. The van der Waals surface area contributed by atoms with Crippen molar-refractivity contribution in [2.24, 2.45) is 5.92 Å². The first kappa shape index (κ1) is 15.8. The third-order valence-corrected chi connectivity index (χ3v) is 4.84. The highest BCUT2D eigenvalue weighted by molar-refractivity contribution is 6.07. The van der Waals surface area contributed by atoms with Gasteiger partial charge in [-0.1, -0.05) is 5.16 Å². The fourth-order valence-electron chi connectivity index (χ4n) is 3.14. The predicted molar refractivity (Wildman–Crippen MR) is 89.9 cm³/mol. The smallest absolute Gasteiger partial charge is 0.259 e. The summed E-state index contributed by atoms with van der Waals surface area (Å²) in [6, 6.07) is 5.19. The van der Waals surface area contributed by atoms with Crippen LogP contribution in [-0.2, 0) is 0 Å². The number of rotatable bonds is 5. The number of fused-ring (bicyclic) bond motifs is 1. The van der Waals surface area contributed by atoms with Crippen LogP contribution in [0.2, 0.25) is 0 Å². The molecule has 1 amide bonds. The van der Waals surface area contributed by atoms with Crippen molar-refractivity contribution in [1.29, 1.82) is 0 Å². The highest BCUT2D eigenvalue weighted by atomic mass is 16.5. The first-order valence-electron chi connectivity index (χ1n) is 8.26. The van der Waals surface area contributed by atoms with Gasteiger partial charge in [0, 0.05) is 0 Å².